The van der Waals surface area contributed by atoms with Crippen molar-refractivity contribution in [2.24, 2.45) is 0 Å². The molecule has 0 aliphatic carbocycles. The minimum Gasteiger partial charge on any atom is -0.352 e. The van der Waals surface area contributed by atoms with E-state index in [1.54, 1.807) is 6.07 Å². The lowest BCUT2D eigenvalue weighted by atomic mass is 10.2. The zero-order valence-electron chi connectivity index (χ0n) is 12.1. The second-order valence-electron chi connectivity index (χ2n) is 4.92. The van der Waals surface area contributed by atoms with Gasteiger partial charge in [-0.1, -0.05) is 15.9 Å². The molecule has 0 aliphatic rings. The Labute approximate surface area is 138 Å². The molecule has 1 amide bonds. The summed E-state index contributed by atoms with van der Waals surface area (Å²) in [6.07, 6.45) is 0.839. The highest BCUT2D eigenvalue weighted by Crippen LogP contribution is 2.19. The van der Waals surface area contributed by atoms with Gasteiger partial charge < -0.3 is 5.32 Å². The number of carbonyl (C=O) groups is 1. The minimum absolute atomic E-state index is 0.0964. The predicted octanol–water partition coefficient (Wildman–Crippen LogP) is 3.37. The second kappa shape index (κ2) is 7.13. The van der Waals surface area contributed by atoms with Gasteiger partial charge in [0.05, 0.1) is 11.3 Å². The van der Waals surface area contributed by atoms with Crippen LogP contribution >= 0.6 is 28.6 Å². The molecule has 21 heavy (non-hydrogen) atoms. The third-order valence-corrected chi connectivity index (χ3v) is 4.00. The molecule has 112 valence electrons. The topological polar surface area (TPSA) is 46.9 Å². The average Bonchev–Trinajstić information content (AvgIpc) is 2.73. The molecular formula is C15H18BrN3OS. The summed E-state index contributed by atoms with van der Waals surface area (Å²) in [5.41, 5.74) is 2.75. The fraction of sp³-hybridized carbons (Fsp3) is 0.333. The van der Waals surface area contributed by atoms with E-state index in [0.717, 1.165) is 28.8 Å². The molecule has 0 radical (unpaired) electrons. The lowest BCUT2D eigenvalue weighted by molar-refractivity contribution is 0.0949. The molecule has 0 unspecified atom stereocenters. The fourth-order valence-electron chi connectivity index (χ4n) is 2.12. The number of aromatic nitrogens is 2. The number of thiol groups is 1. The van der Waals surface area contributed by atoms with E-state index >= 15 is 0 Å². The maximum Gasteiger partial charge on any atom is 0.252 e. The van der Waals surface area contributed by atoms with Crippen molar-refractivity contribution in [3.8, 4) is 0 Å². The molecule has 0 atom stereocenters. The Bertz CT molecular complexity index is 654. The van der Waals surface area contributed by atoms with E-state index < -0.39 is 0 Å². The molecule has 0 spiro atoms. The van der Waals surface area contributed by atoms with Crippen LogP contribution in [-0.4, -0.2) is 22.2 Å². The molecule has 1 N–H and O–H groups in total. The number of benzene rings is 1. The van der Waals surface area contributed by atoms with Crippen LogP contribution in [-0.2, 0) is 6.54 Å². The van der Waals surface area contributed by atoms with Crippen LogP contribution in [0.25, 0.3) is 0 Å². The largest absolute Gasteiger partial charge is 0.352 e. The normalized spacial score (nSPS) is 10.7. The summed E-state index contributed by atoms with van der Waals surface area (Å²) in [5, 5.41) is 7.31. The number of hydrogen-bond acceptors (Lipinski definition) is 3. The van der Waals surface area contributed by atoms with E-state index in [1.807, 2.05) is 36.7 Å². The van der Waals surface area contributed by atoms with Crippen molar-refractivity contribution in [1.29, 1.82) is 0 Å². The van der Waals surface area contributed by atoms with E-state index in [9.17, 15) is 4.79 Å². The number of rotatable bonds is 5. The van der Waals surface area contributed by atoms with Crippen LogP contribution < -0.4 is 5.32 Å². The van der Waals surface area contributed by atoms with Crippen LogP contribution in [0.2, 0.25) is 0 Å². The Morgan fingerprint density at radius 1 is 1.38 bits per heavy atom. The first-order chi connectivity index (χ1) is 9.97. The highest BCUT2D eigenvalue weighted by Gasteiger charge is 2.09. The van der Waals surface area contributed by atoms with E-state index in [1.165, 1.54) is 0 Å². The zero-order valence-corrected chi connectivity index (χ0v) is 14.5. The molecule has 1 aromatic carbocycles. The number of aryl methyl sites for hydroxylation is 3. The summed E-state index contributed by atoms with van der Waals surface area (Å²) in [5.74, 6) is -0.0964. The molecule has 4 nitrogen and oxygen atoms in total. The Kier molecular flexibility index (Phi) is 5.47. The van der Waals surface area contributed by atoms with E-state index in [-0.39, 0.29) is 5.91 Å². The van der Waals surface area contributed by atoms with Crippen molar-refractivity contribution in [2.45, 2.75) is 31.7 Å². The van der Waals surface area contributed by atoms with Gasteiger partial charge in [0.2, 0.25) is 0 Å². The van der Waals surface area contributed by atoms with Gasteiger partial charge in [-0.25, -0.2) is 0 Å². The third-order valence-electron chi connectivity index (χ3n) is 3.14. The van der Waals surface area contributed by atoms with Crippen molar-refractivity contribution >= 4 is 34.5 Å². The highest BCUT2D eigenvalue weighted by atomic mass is 79.9. The van der Waals surface area contributed by atoms with Crippen LogP contribution in [0.3, 0.4) is 0 Å². The van der Waals surface area contributed by atoms with E-state index in [2.05, 4.69) is 39.0 Å². The number of amides is 1. The van der Waals surface area contributed by atoms with Gasteiger partial charge in [0.1, 0.15) is 0 Å². The molecule has 0 aliphatic heterocycles. The predicted molar refractivity (Wildman–Crippen MR) is 90.0 cm³/mol. The van der Waals surface area contributed by atoms with Gasteiger partial charge in [-0.05, 0) is 44.5 Å². The summed E-state index contributed by atoms with van der Waals surface area (Å²) in [4.78, 5) is 12.7. The molecule has 0 saturated carbocycles. The first-order valence-corrected chi connectivity index (χ1v) is 7.99. The molecule has 0 saturated heterocycles. The van der Waals surface area contributed by atoms with Crippen LogP contribution in [0.4, 0.5) is 0 Å². The SMILES string of the molecule is Cc1cc(C)n(CCCNC(=O)c2ccc(Br)cc2S)n1. The number of halogens is 1. The molecule has 2 aromatic rings. The maximum atomic E-state index is 12.1. The Balaban J connectivity index is 1.83. The quantitative estimate of drug-likeness (QED) is 0.628. The van der Waals surface area contributed by atoms with Crippen molar-refractivity contribution in [2.75, 3.05) is 6.54 Å². The van der Waals surface area contributed by atoms with Crippen LogP contribution in [0.5, 0.6) is 0 Å². The van der Waals surface area contributed by atoms with Gasteiger partial charge in [-0.15, -0.1) is 12.6 Å². The first-order valence-electron chi connectivity index (χ1n) is 6.75. The molecule has 0 fully saturated rings. The summed E-state index contributed by atoms with van der Waals surface area (Å²) in [6.45, 7) is 5.43. The zero-order chi connectivity index (χ0) is 15.4. The van der Waals surface area contributed by atoms with Crippen molar-refractivity contribution in [3.63, 3.8) is 0 Å². The van der Waals surface area contributed by atoms with Gasteiger partial charge in [0.15, 0.2) is 0 Å². The van der Waals surface area contributed by atoms with E-state index in [0.29, 0.717) is 17.0 Å². The number of nitrogens with one attached hydrogen (secondary N) is 1. The van der Waals surface area contributed by atoms with Gasteiger partial charge in [-0.2, -0.15) is 5.10 Å². The van der Waals surface area contributed by atoms with Crippen molar-refractivity contribution in [3.05, 3.63) is 45.7 Å². The van der Waals surface area contributed by atoms with Gasteiger partial charge in [0.25, 0.3) is 5.91 Å². The second-order valence-corrected chi connectivity index (χ2v) is 6.32. The first kappa shape index (κ1) is 16.1. The third kappa shape index (κ3) is 4.35. The smallest absolute Gasteiger partial charge is 0.252 e. The Morgan fingerprint density at radius 2 is 2.14 bits per heavy atom. The molecule has 2 rings (SSSR count). The van der Waals surface area contributed by atoms with Crippen LogP contribution in [0, 0.1) is 13.8 Å². The molecule has 0 bridgehead atoms. The number of carbonyl (C=O) groups excluding carboxylic acids is 1. The average molecular weight is 368 g/mol. The lowest BCUT2D eigenvalue weighted by Crippen LogP contribution is -2.25. The molecule has 6 heteroatoms. The van der Waals surface area contributed by atoms with E-state index in [4.69, 9.17) is 0 Å². The van der Waals surface area contributed by atoms with Crippen molar-refractivity contribution in [1.82, 2.24) is 15.1 Å². The summed E-state index contributed by atoms with van der Waals surface area (Å²) < 4.78 is 2.87. The lowest BCUT2D eigenvalue weighted by Gasteiger charge is -2.08. The number of hydrogen-bond donors (Lipinski definition) is 2. The van der Waals surface area contributed by atoms with Crippen molar-refractivity contribution < 1.29 is 4.79 Å². The Hall–Kier alpha value is -1.27. The van der Waals surface area contributed by atoms with Gasteiger partial charge in [-0.3, -0.25) is 9.48 Å². The summed E-state index contributed by atoms with van der Waals surface area (Å²) in [7, 11) is 0. The standard InChI is InChI=1S/C15H18BrN3OS/c1-10-8-11(2)19(18-10)7-3-6-17-15(20)13-5-4-12(16)9-14(13)21/h4-5,8-9,21H,3,6-7H2,1-2H3,(H,17,20). The number of nitrogens with zero attached hydrogens (tertiary/aromatic N) is 2. The minimum atomic E-state index is -0.0964. The van der Waals surface area contributed by atoms with Gasteiger partial charge in [0, 0.05) is 28.2 Å². The highest BCUT2D eigenvalue weighted by molar-refractivity contribution is 9.10. The molecule has 1 aromatic heterocycles. The van der Waals surface area contributed by atoms with Gasteiger partial charge >= 0.3 is 0 Å². The monoisotopic (exact) mass is 367 g/mol. The summed E-state index contributed by atoms with van der Waals surface area (Å²) >= 11 is 7.67. The maximum absolute atomic E-state index is 12.1. The Morgan fingerprint density at radius 3 is 2.76 bits per heavy atom. The van der Waals surface area contributed by atoms with Crippen LogP contribution in [0.1, 0.15) is 28.2 Å². The molecule has 1 heterocycles. The summed E-state index contributed by atoms with van der Waals surface area (Å²) in [6, 6.07) is 7.47. The molecular weight excluding hydrogens is 350 g/mol. The van der Waals surface area contributed by atoms with Crippen LogP contribution in [0.15, 0.2) is 33.6 Å². The fourth-order valence-corrected chi connectivity index (χ4v) is 2.98.